The second-order valence-corrected chi connectivity index (χ2v) is 5.29. The molecule has 1 aromatic heterocycles. The van der Waals surface area contributed by atoms with Gasteiger partial charge in [-0.3, -0.25) is 0 Å². The van der Waals surface area contributed by atoms with Crippen LogP contribution in [-0.4, -0.2) is 28.3 Å². The first-order valence-electron chi connectivity index (χ1n) is 7.15. The maximum atomic E-state index is 10.9. The lowest BCUT2D eigenvalue weighted by Gasteiger charge is -2.31. The van der Waals surface area contributed by atoms with Crippen molar-refractivity contribution < 1.29 is 19.4 Å². The quantitative estimate of drug-likeness (QED) is 0.730. The van der Waals surface area contributed by atoms with Gasteiger partial charge >= 0.3 is 5.97 Å². The van der Waals surface area contributed by atoms with E-state index < -0.39 is 5.97 Å². The zero-order valence-corrected chi connectivity index (χ0v) is 12.3. The molecular formula is C16H21NO4. The van der Waals surface area contributed by atoms with Gasteiger partial charge in [0.25, 0.3) is 0 Å². The average Bonchev–Trinajstić information content (AvgIpc) is 2.93. The highest BCUT2D eigenvalue weighted by molar-refractivity contribution is 5.91. The van der Waals surface area contributed by atoms with Crippen molar-refractivity contribution in [3.05, 3.63) is 35.6 Å². The van der Waals surface area contributed by atoms with Crippen molar-refractivity contribution in [2.45, 2.75) is 38.8 Å². The number of nitrogens with one attached hydrogen (secondary N) is 1. The smallest absolute Gasteiger partial charge is 0.371 e. The van der Waals surface area contributed by atoms with Crippen LogP contribution in [0.2, 0.25) is 0 Å². The van der Waals surface area contributed by atoms with Gasteiger partial charge in [-0.2, -0.15) is 0 Å². The minimum atomic E-state index is -1.07. The summed E-state index contributed by atoms with van der Waals surface area (Å²) < 4.78 is 5.23. The summed E-state index contributed by atoms with van der Waals surface area (Å²) in [5.74, 6) is -1.12. The van der Waals surface area contributed by atoms with Gasteiger partial charge in [-0.25, -0.2) is 4.79 Å². The predicted molar refractivity (Wildman–Crippen MR) is 80.4 cm³/mol. The standard InChI is InChI=1S/C16H21NO4/c1-3-16(4-2,10-18)17-9-11-5-6-13-12(7-11)8-14(21-13)15(19)20/h5-8,17-18H,3-4,9-10H2,1-2H3,(H,19,20). The van der Waals surface area contributed by atoms with Crippen molar-refractivity contribution in [1.82, 2.24) is 5.32 Å². The largest absolute Gasteiger partial charge is 0.475 e. The molecule has 114 valence electrons. The Kier molecular flexibility index (Phi) is 4.65. The van der Waals surface area contributed by atoms with Crippen molar-refractivity contribution in [2.75, 3.05) is 6.61 Å². The Bertz CT molecular complexity index is 620. The van der Waals surface area contributed by atoms with Crippen LogP contribution in [0.25, 0.3) is 11.0 Å². The highest BCUT2D eigenvalue weighted by atomic mass is 16.4. The second-order valence-electron chi connectivity index (χ2n) is 5.29. The zero-order chi connectivity index (χ0) is 15.5. The maximum Gasteiger partial charge on any atom is 0.371 e. The molecule has 5 heteroatoms. The number of benzene rings is 1. The summed E-state index contributed by atoms with van der Waals surface area (Å²) in [6.07, 6.45) is 1.69. The van der Waals surface area contributed by atoms with Crippen LogP contribution < -0.4 is 5.32 Å². The number of furan rings is 1. The topological polar surface area (TPSA) is 82.7 Å². The molecule has 0 atom stereocenters. The van der Waals surface area contributed by atoms with Gasteiger partial charge in [0.2, 0.25) is 5.76 Å². The summed E-state index contributed by atoms with van der Waals surface area (Å²) >= 11 is 0. The molecule has 3 N–H and O–H groups in total. The first-order chi connectivity index (χ1) is 10.0. The van der Waals surface area contributed by atoms with Crippen LogP contribution in [0.15, 0.2) is 28.7 Å². The summed E-state index contributed by atoms with van der Waals surface area (Å²) in [6.45, 7) is 4.80. The first-order valence-corrected chi connectivity index (χ1v) is 7.15. The van der Waals surface area contributed by atoms with Crippen LogP contribution in [0.1, 0.15) is 42.8 Å². The number of carboxylic acid groups (broad SMARTS) is 1. The van der Waals surface area contributed by atoms with Gasteiger partial charge in [0.05, 0.1) is 6.61 Å². The van der Waals surface area contributed by atoms with Crippen LogP contribution in [0.3, 0.4) is 0 Å². The molecule has 5 nitrogen and oxygen atoms in total. The van der Waals surface area contributed by atoms with E-state index in [9.17, 15) is 9.90 Å². The van der Waals surface area contributed by atoms with Crippen LogP contribution >= 0.6 is 0 Å². The molecule has 0 unspecified atom stereocenters. The van der Waals surface area contributed by atoms with Crippen molar-refractivity contribution in [3.8, 4) is 0 Å². The molecule has 0 fully saturated rings. The van der Waals surface area contributed by atoms with Gasteiger partial charge in [0, 0.05) is 17.5 Å². The molecule has 0 amide bonds. The van der Waals surface area contributed by atoms with Gasteiger partial charge in [-0.1, -0.05) is 19.9 Å². The fraction of sp³-hybridized carbons (Fsp3) is 0.438. The van der Waals surface area contributed by atoms with Crippen LogP contribution in [-0.2, 0) is 6.54 Å². The van der Waals surface area contributed by atoms with Crippen molar-refractivity contribution in [1.29, 1.82) is 0 Å². The number of aliphatic hydroxyl groups is 1. The van der Waals surface area contributed by atoms with E-state index in [4.69, 9.17) is 9.52 Å². The predicted octanol–water partition coefficient (Wildman–Crippen LogP) is 2.77. The van der Waals surface area contributed by atoms with E-state index in [0.717, 1.165) is 23.8 Å². The highest BCUT2D eigenvalue weighted by Crippen LogP contribution is 2.22. The third kappa shape index (κ3) is 3.25. The molecule has 0 aliphatic heterocycles. The Morgan fingerprint density at radius 2 is 2.00 bits per heavy atom. The van der Waals surface area contributed by atoms with Crippen molar-refractivity contribution in [2.24, 2.45) is 0 Å². The molecule has 0 spiro atoms. The van der Waals surface area contributed by atoms with Gasteiger partial charge in [0.15, 0.2) is 0 Å². The summed E-state index contributed by atoms with van der Waals surface area (Å²) in [5.41, 5.74) is 1.33. The summed E-state index contributed by atoms with van der Waals surface area (Å²) in [5, 5.41) is 22.6. The van der Waals surface area contributed by atoms with Crippen LogP contribution in [0.5, 0.6) is 0 Å². The Morgan fingerprint density at radius 3 is 2.57 bits per heavy atom. The molecule has 1 aromatic carbocycles. The number of hydrogen-bond donors (Lipinski definition) is 3. The second kappa shape index (κ2) is 6.28. The lowest BCUT2D eigenvalue weighted by molar-refractivity contribution is 0.0665. The Morgan fingerprint density at radius 1 is 1.29 bits per heavy atom. The number of carboxylic acids is 1. The molecule has 0 radical (unpaired) electrons. The lowest BCUT2D eigenvalue weighted by Crippen LogP contribution is -2.47. The van der Waals surface area contributed by atoms with Gasteiger partial charge < -0.3 is 19.9 Å². The molecule has 0 saturated heterocycles. The number of rotatable bonds is 7. The van der Waals surface area contributed by atoms with Gasteiger partial charge in [-0.05, 0) is 36.6 Å². The summed E-state index contributed by atoms with van der Waals surface area (Å²) in [4.78, 5) is 10.9. The minimum absolute atomic E-state index is 0.0538. The SMILES string of the molecule is CCC(CC)(CO)NCc1ccc2oc(C(=O)O)cc2c1. The number of fused-ring (bicyclic) bond motifs is 1. The fourth-order valence-electron chi connectivity index (χ4n) is 2.38. The van der Waals surface area contributed by atoms with Crippen LogP contribution in [0, 0.1) is 0 Å². The van der Waals surface area contributed by atoms with E-state index in [1.54, 1.807) is 6.07 Å². The first kappa shape index (κ1) is 15.5. The summed E-state index contributed by atoms with van der Waals surface area (Å²) in [6, 6.07) is 7.11. The van der Waals surface area contributed by atoms with Crippen LogP contribution in [0.4, 0.5) is 0 Å². The monoisotopic (exact) mass is 291 g/mol. The molecule has 0 bridgehead atoms. The molecule has 2 rings (SSSR count). The number of carbonyl (C=O) groups is 1. The molecule has 0 aliphatic carbocycles. The highest BCUT2D eigenvalue weighted by Gasteiger charge is 2.24. The van der Waals surface area contributed by atoms with Gasteiger partial charge in [0.1, 0.15) is 5.58 Å². The zero-order valence-electron chi connectivity index (χ0n) is 12.3. The van der Waals surface area contributed by atoms with Gasteiger partial charge in [-0.15, -0.1) is 0 Å². The molecule has 0 saturated carbocycles. The number of aliphatic hydroxyl groups excluding tert-OH is 1. The molecule has 2 aromatic rings. The molecule has 1 heterocycles. The third-order valence-electron chi connectivity index (χ3n) is 4.12. The number of hydrogen-bond acceptors (Lipinski definition) is 4. The van der Waals surface area contributed by atoms with E-state index in [2.05, 4.69) is 5.32 Å². The Balaban J connectivity index is 2.17. The average molecular weight is 291 g/mol. The van der Waals surface area contributed by atoms with Crippen molar-refractivity contribution >= 4 is 16.9 Å². The van der Waals surface area contributed by atoms with E-state index >= 15 is 0 Å². The number of aromatic carboxylic acids is 1. The van der Waals surface area contributed by atoms with E-state index in [0.29, 0.717) is 12.1 Å². The maximum absolute atomic E-state index is 10.9. The van der Waals surface area contributed by atoms with Crippen molar-refractivity contribution in [3.63, 3.8) is 0 Å². The Hall–Kier alpha value is -1.85. The van der Waals surface area contributed by atoms with E-state index in [-0.39, 0.29) is 17.9 Å². The lowest BCUT2D eigenvalue weighted by atomic mass is 9.93. The minimum Gasteiger partial charge on any atom is -0.475 e. The molecular weight excluding hydrogens is 270 g/mol. The van der Waals surface area contributed by atoms with E-state index in [1.165, 1.54) is 6.07 Å². The van der Waals surface area contributed by atoms with E-state index in [1.807, 2.05) is 26.0 Å². The fourth-order valence-corrected chi connectivity index (χ4v) is 2.38. The molecule has 0 aliphatic rings. The third-order valence-corrected chi connectivity index (χ3v) is 4.12. The molecule has 21 heavy (non-hydrogen) atoms. The normalized spacial score (nSPS) is 12.0. The summed E-state index contributed by atoms with van der Waals surface area (Å²) in [7, 11) is 0. The Labute approximate surface area is 123 Å².